The fourth-order valence-electron chi connectivity index (χ4n) is 1.51. The Morgan fingerprint density at radius 3 is 2.81 bits per heavy atom. The van der Waals surface area contributed by atoms with Gasteiger partial charge in [-0.1, -0.05) is 5.10 Å². The average Bonchev–Trinajstić information content (AvgIpc) is 2.96. The van der Waals surface area contributed by atoms with E-state index < -0.39 is 0 Å². The number of hydrogen-bond donors (Lipinski definition) is 0. The van der Waals surface area contributed by atoms with E-state index >= 15 is 0 Å². The van der Waals surface area contributed by atoms with Gasteiger partial charge in [-0.2, -0.15) is 0 Å². The van der Waals surface area contributed by atoms with E-state index in [1.165, 1.54) is 12.8 Å². The Morgan fingerprint density at radius 1 is 1.56 bits per heavy atom. The van der Waals surface area contributed by atoms with Crippen molar-refractivity contribution in [3.63, 3.8) is 0 Å². The summed E-state index contributed by atoms with van der Waals surface area (Å²) in [5.74, 6) is 0.472. The minimum atomic E-state index is -0.246. The van der Waals surface area contributed by atoms with Crippen LogP contribution in [0.1, 0.15) is 31.0 Å². The summed E-state index contributed by atoms with van der Waals surface area (Å²) in [4.78, 5) is 2.10. The van der Waals surface area contributed by atoms with E-state index in [0.29, 0.717) is 24.6 Å². The highest BCUT2D eigenvalue weighted by Crippen LogP contribution is 2.31. The van der Waals surface area contributed by atoms with E-state index in [1.54, 1.807) is 7.11 Å². The van der Waals surface area contributed by atoms with Crippen LogP contribution >= 0.6 is 11.6 Å². The molecule has 0 bridgehead atoms. The second-order valence-corrected chi connectivity index (χ2v) is 4.61. The largest absolute Gasteiger partial charge is 0.406 e. The highest BCUT2D eigenvalue weighted by atomic mass is 35.5. The highest BCUT2D eigenvalue weighted by Gasteiger charge is 2.32. The molecule has 0 radical (unpaired) electrons. The maximum atomic E-state index is 5.88. The molecule has 1 aromatic heterocycles. The highest BCUT2D eigenvalue weighted by molar-refractivity contribution is 6.20. The van der Waals surface area contributed by atoms with E-state index in [2.05, 4.69) is 15.1 Å². The Kier molecular flexibility index (Phi) is 3.66. The Labute approximate surface area is 99.7 Å². The van der Waals surface area contributed by atoms with Gasteiger partial charge in [0, 0.05) is 19.7 Å². The molecule has 1 atom stereocenters. The predicted octanol–water partition coefficient (Wildman–Crippen LogP) is 1.98. The van der Waals surface area contributed by atoms with Crippen LogP contribution in [-0.2, 0) is 4.74 Å². The molecule has 0 spiro atoms. The number of nitrogens with zero attached hydrogens (tertiary/aromatic N) is 3. The van der Waals surface area contributed by atoms with E-state index in [0.717, 1.165) is 6.54 Å². The predicted molar refractivity (Wildman–Crippen MR) is 60.8 cm³/mol. The summed E-state index contributed by atoms with van der Waals surface area (Å²) in [6.45, 7) is 3.25. The van der Waals surface area contributed by atoms with E-state index in [1.807, 2.05) is 6.92 Å². The number of hydrogen-bond acceptors (Lipinski definition) is 5. The Balaban J connectivity index is 2.05. The Hall–Kier alpha value is -0.810. The first-order valence-corrected chi connectivity index (χ1v) is 5.89. The maximum absolute atomic E-state index is 5.88. The minimum absolute atomic E-state index is 0.246. The fraction of sp³-hybridized carbons (Fsp3) is 0.800. The van der Waals surface area contributed by atoms with Crippen molar-refractivity contribution in [2.45, 2.75) is 31.2 Å². The molecule has 1 saturated carbocycles. The zero-order valence-electron chi connectivity index (χ0n) is 9.52. The van der Waals surface area contributed by atoms with E-state index in [-0.39, 0.29) is 5.38 Å². The van der Waals surface area contributed by atoms with Crippen LogP contribution in [0.15, 0.2) is 4.42 Å². The molecule has 0 saturated heterocycles. The first-order chi connectivity index (χ1) is 7.72. The second-order valence-electron chi connectivity index (χ2n) is 3.96. The molecule has 2 rings (SSSR count). The van der Waals surface area contributed by atoms with Crippen LogP contribution in [0.5, 0.6) is 0 Å². The topological polar surface area (TPSA) is 51.4 Å². The number of aromatic nitrogens is 2. The molecule has 1 aliphatic carbocycles. The van der Waals surface area contributed by atoms with Gasteiger partial charge in [0.25, 0.3) is 0 Å². The number of halogens is 1. The standard InChI is InChI=1S/C10H16ClN3O2/c1-7(11)9-12-13-10(16-9)14(5-6-15-2)8-3-4-8/h7-8H,3-6H2,1-2H3. The van der Waals surface area contributed by atoms with Crippen molar-refractivity contribution in [2.75, 3.05) is 25.2 Å². The summed E-state index contributed by atoms with van der Waals surface area (Å²) in [7, 11) is 1.69. The van der Waals surface area contributed by atoms with Gasteiger partial charge in [0.1, 0.15) is 5.38 Å². The van der Waals surface area contributed by atoms with Crippen LogP contribution in [0.3, 0.4) is 0 Å². The molecule has 0 amide bonds. The zero-order valence-corrected chi connectivity index (χ0v) is 10.3. The molecule has 90 valence electrons. The molecule has 1 heterocycles. The summed E-state index contributed by atoms with van der Waals surface area (Å²) in [5.41, 5.74) is 0. The number of alkyl halides is 1. The summed E-state index contributed by atoms with van der Waals surface area (Å²) in [6.07, 6.45) is 2.36. The SMILES string of the molecule is COCCN(c1nnc(C(C)Cl)o1)C1CC1. The molecule has 0 N–H and O–H groups in total. The third-order valence-corrected chi connectivity index (χ3v) is 2.73. The fourth-order valence-corrected chi connectivity index (χ4v) is 1.60. The quantitative estimate of drug-likeness (QED) is 0.718. The number of anilines is 1. The van der Waals surface area contributed by atoms with E-state index in [4.69, 9.17) is 20.8 Å². The smallest absolute Gasteiger partial charge is 0.318 e. The minimum Gasteiger partial charge on any atom is -0.406 e. The summed E-state index contributed by atoms with van der Waals surface area (Å²) >= 11 is 5.88. The molecule has 1 aliphatic rings. The monoisotopic (exact) mass is 245 g/mol. The van der Waals surface area contributed by atoms with Crippen molar-refractivity contribution in [3.05, 3.63) is 5.89 Å². The molecule has 16 heavy (non-hydrogen) atoms. The molecule has 0 aliphatic heterocycles. The first kappa shape index (κ1) is 11.7. The summed E-state index contributed by atoms with van der Waals surface area (Å²) in [5, 5.41) is 7.70. The van der Waals surface area contributed by atoms with Crippen LogP contribution in [-0.4, -0.2) is 36.5 Å². The summed E-state index contributed by atoms with van der Waals surface area (Å²) in [6, 6.07) is 1.08. The first-order valence-electron chi connectivity index (χ1n) is 5.45. The van der Waals surface area contributed by atoms with Gasteiger partial charge in [-0.15, -0.1) is 16.7 Å². The molecule has 6 heteroatoms. The normalized spacial score (nSPS) is 17.4. The van der Waals surface area contributed by atoms with Gasteiger partial charge in [0.2, 0.25) is 5.89 Å². The Bertz CT molecular complexity index is 339. The molecule has 1 unspecified atom stereocenters. The lowest BCUT2D eigenvalue weighted by atomic mass is 10.5. The average molecular weight is 246 g/mol. The van der Waals surface area contributed by atoms with Gasteiger partial charge in [-0.25, -0.2) is 0 Å². The molecule has 5 nitrogen and oxygen atoms in total. The van der Waals surface area contributed by atoms with Crippen molar-refractivity contribution in [1.82, 2.24) is 10.2 Å². The third kappa shape index (κ3) is 2.65. The zero-order chi connectivity index (χ0) is 11.5. The molecule has 1 fully saturated rings. The summed E-state index contributed by atoms with van der Waals surface area (Å²) < 4.78 is 10.6. The van der Waals surface area contributed by atoms with Crippen molar-refractivity contribution in [2.24, 2.45) is 0 Å². The van der Waals surface area contributed by atoms with Crippen LogP contribution in [0.2, 0.25) is 0 Å². The number of rotatable bonds is 6. The van der Waals surface area contributed by atoms with E-state index in [9.17, 15) is 0 Å². The van der Waals surface area contributed by atoms with Crippen molar-refractivity contribution in [1.29, 1.82) is 0 Å². The molecular weight excluding hydrogens is 230 g/mol. The van der Waals surface area contributed by atoms with Gasteiger partial charge in [0.15, 0.2) is 0 Å². The van der Waals surface area contributed by atoms with Crippen molar-refractivity contribution < 1.29 is 9.15 Å². The van der Waals surface area contributed by atoms with Crippen LogP contribution in [0, 0.1) is 0 Å². The van der Waals surface area contributed by atoms with Crippen molar-refractivity contribution >= 4 is 17.6 Å². The molecular formula is C10H16ClN3O2. The van der Waals surface area contributed by atoms with Crippen LogP contribution in [0.25, 0.3) is 0 Å². The number of ether oxygens (including phenoxy) is 1. The lowest BCUT2D eigenvalue weighted by Crippen LogP contribution is -2.29. The Morgan fingerprint density at radius 2 is 2.31 bits per heavy atom. The second kappa shape index (κ2) is 5.01. The lowest BCUT2D eigenvalue weighted by molar-refractivity contribution is 0.203. The van der Waals surface area contributed by atoms with Gasteiger partial charge in [0.05, 0.1) is 6.61 Å². The molecule has 1 aromatic rings. The van der Waals surface area contributed by atoms with Gasteiger partial charge < -0.3 is 14.1 Å². The van der Waals surface area contributed by atoms with Gasteiger partial charge in [-0.05, 0) is 19.8 Å². The van der Waals surface area contributed by atoms with Crippen LogP contribution < -0.4 is 4.90 Å². The van der Waals surface area contributed by atoms with Gasteiger partial charge >= 0.3 is 6.01 Å². The maximum Gasteiger partial charge on any atom is 0.318 e. The van der Waals surface area contributed by atoms with Gasteiger partial charge in [-0.3, -0.25) is 0 Å². The third-order valence-electron chi connectivity index (χ3n) is 2.54. The van der Waals surface area contributed by atoms with Crippen molar-refractivity contribution in [3.8, 4) is 0 Å². The van der Waals surface area contributed by atoms with Crippen LogP contribution in [0.4, 0.5) is 6.01 Å². The molecule has 0 aromatic carbocycles. The lowest BCUT2D eigenvalue weighted by Gasteiger charge is -2.18. The number of methoxy groups -OCH3 is 1.